The lowest BCUT2D eigenvalue weighted by atomic mass is 9.88. The van der Waals surface area contributed by atoms with Gasteiger partial charge >= 0.3 is 0 Å². The van der Waals surface area contributed by atoms with Crippen LogP contribution in [-0.4, -0.2) is 34.4 Å². The Morgan fingerprint density at radius 3 is 2.68 bits per heavy atom. The fourth-order valence-corrected chi connectivity index (χ4v) is 1.84. The lowest BCUT2D eigenvalue weighted by molar-refractivity contribution is 0.0931. The Labute approximate surface area is 114 Å². The Hall–Kier alpha value is -1.49. The molecule has 1 aromatic rings. The second-order valence-corrected chi connectivity index (χ2v) is 5.66. The van der Waals surface area contributed by atoms with Crippen molar-refractivity contribution in [2.75, 3.05) is 13.2 Å². The number of nitrogens with zero attached hydrogens (tertiary/aromatic N) is 2. The first-order chi connectivity index (χ1) is 8.85. The van der Waals surface area contributed by atoms with Crippen LogP contribution in [0.25, 0.3) is 0 Å². The van der Waals surface area contributed by atoms with Gasteiger partial charge in [-0.3, -0.25) is 4.79 Å². The summed E-state index contributed by atoms with van der Waals surface area (Å²) < 4.78 is 0. The first-order valence-electron chi connectivity index (χ1n) is 6.56. The topological polar surface area (TPSA) is 75.1 Å². The zero-order chi connectivity index (χ0) is 14.5. The third-order valence-corrected chi connectivity index (χ3v) is 3.08. The molecular weight excluding hydrogens is 242 g/mol. The molecule has 0 bridgehead atoms. The molecule has 1 rings (SSSR count). The molecular formula is C14H23N3O2. The van der Waals surface area contributed by atoms with Crippen LogP contribution in [0.2, 0.25) is 0 Å². The molecule has 19 heavy (non-hydrogen) atoms. The molecule has 1 amide bonds. The number of amides is 1. The van der Waals surface area contributed by atoms with Crippen molar-refractivity contribution < 1.29 is 9.90 Å². The van der Waals surface area contributed by atoms with Gasteiger partial charge < -0.3 is 10.4 Å². The normalized spacial score (nSPS) is 11.4. The van der Waals surface area contributed by atoms with Gasteiger partial charge in [0, 0.05) is 13.2 Å². The number of aliphatic hydroxyl groups is 1. The number of aryl methyl sites for hydroxylation is 2. The smallest absolute Gasteiger partial charge is 0.253 e. The average Bonchev–Trinajstić information content (AvgIpc) is 2.36. The predicted molar refractivity (Wildman–Crippen MR) is 73.9 cm³/mol. The van der Waals surface area contributed by atoms with E-state index in [1.165, 1.54) is 0 Å². The number of aromatic nitrogens is 2. The van der Waals surface area contributed by atoms with E-state index in [1.54, 1.807) is 13.0 Å². The van der Waals surface area contributed by atoms with Crippen LogP contribution in [0.1, 0.15) is 48.4 Å². The molecule has 5 heteroatoms. The van der Waals surface area contributed by atoms with Crippen molar-refractivity contribution in [2.45, 2.75) is 40.5 Å². The summed E-state index contributed by atoms with van der Waals surface area (Å²) in [5.41, 5.74) is 1.92. The number of hydrogen-bond acceptors (Lipinski definition) is 4. The van der Waals surface area contributed by atoms with E-state index in [0.29, 0.717) is 17.8 Å². The summed E-state index contributed by atoms with van der Waals surface area (Å²) in [5, 5.41) is 19.6. The zero-order valence-electron chi connectivity index (χ0n) is 12.2. The van der Waals surface area contributed by atoms with Gasteiger partial charge in [0.2, 0.25) is 0 Å². The number of carbonyl (C=O) groups is 1. The second-order valence-electron chi connectivity index (χ2n) is 5.66. The molecule has 0 aliphatic heterocycles. The van der Waals surface area contributed by atoms with Gasteiger partial charge in [-0.15, -0.1) is 0 Å². The monoisotopic (exact) mass is 265 g/mol. The minimum atomic E-state index is -0.118. The summed E-state index contributed by atoms with van der Waals surface area (Å²) in [6.07, 6.45) is 1.62. The van der Waals surface area contributed by atoms with E-state index in [1.807, 2.05) is 6.92 Å². The van der Waals surface area contributed by atoms with Gasteiger partial charge in [0.1, 0.15) is 0 Å². The molecule has 5 nitrogen and oxygen atoms in total. The highest BCUT2D eigenvalue weighted by molar-refractivity contribution is 5.95. The third kappa shape index (κ3) is 4.95. The molecule has 0 spiro atoms. The first-order valence-corrected chi connectivity index (χ1v) is 6.56. The number of carbonyl (C=O) groups excluding carboxylic acids is 1. The maximum Gasteiger partial charge on any atom is 0.253 e. The van der Waals surface area contributed by atoms with E-state index in [-0.39, 0.29) is 17.9 Å². The van der Waals surface area contributed by atoms with Crippen LogP contribution in [0.15, 0.2) is 6.07 Å². The third-order valence-electron chi connectivity index (χ3n) is 3.08. The van der Waals surface area contributed by atoms with E-state index >= 15 is 0 Å². The summed E-state index contributed by atoms with van der Waals surface area (Å²) in [5.74, 6) is -0.118. The van der Waals surface area contributed by atoms with E-state index in [0.717, 1.165) is 18.5 Å². The van der Waals surface area contributed by atoms with Crippen molar-refractivity contribution in [1.29, 1.82) is 0 Å². The Morgan fingerprint density at radius 2 is 2.05 bits per heavy atom. The number of aliphatic hydroxyl groups excluding tert-OH is 1. The van der Waals surface area contributed by atoms with Crippen LogP contribution in [0.3, 0.4) is 0 Å². The van der Waals surface area contributed by atoms with E-state index in [4.69, 9.17) is 5.11 Å². The number of rotatable bonds is 6. The van der Waals surface area contributed by atoms with Crippen molar-refractivity contribution in [1.82, 2.24) is 15.5 Å². The molecule has 0 unspecified atom stereocenters. The second kappa shape index (κ2) is 6.61. The van der Waals surface area contributed by atoms with Crippen molar-refractivity contribution in [3.63, 3.8) is 0 Å². The van der Waals surface area contributed by atoms with Crippen LogP contribution in [-0.2, 0) is 0 Å². The standard InChI is InChI=1S/C14H23N3O2/c1-10-8-12(11(2)17-16-10)13(19)15-9-14(3,4)6-5-7-18/h8,18H,5-7,9H2,1-4H3,(H,15,19). The average molecular weight is 265 g/mol. The minimum absolute atomic E-state index is 0.0260. The van der Waals surface area contributed by atoms with Gasteiger partial charge in [0.05, 0.1) is 17.0 Å². The van der Waals surface area contributed by atoms with Crippen LogP contribution in [0.4, 0.5) is 0 Å². The molecule has 0 radical (unpaired) electrons. The summed E-state index contributed by atoms with van der Waals surface area (Å²) in [4.78, 5) is 12.1. The van der Waals surface area contributed by atoms with Gasteiger partial charge in [0.15, 0.2) is 0 Å². The SMILES string of the molecule is Cc1cc(C(=O)NCC(C)(C)CCCO)c(C)nn1. The summed E-state index contributed by atoms with van der Waals surface area (Å²) in [6.45, 7) is 8.50. The van der Waals surface area contributed by atoms with Crippen LogP contribution >= 0.6 is 0 Å². The Morgan fingerprint density at radius 1 is 1.37 bits per heavy atom. The van der Waals surface area contributed by atoms with E-state index in [9.17, 15) is 4.79 Å². The minimum Gasteiger partial charge on any atom is -0.396 e. The quantitative estimate of drug-likeness (QED) is 0.819. The lowest BCUT2D eigenvalue weighted by Gasteiger charge is -2.24. The fraction of sp³-hybridized carbons (Fsp3) is 0.643. The predicted octanol–water partition coefficient (Wildman–Crippen LogP) is 1.62. The van der Waals surface area contributed by atoms with Gasteiger partial charge in [0.25, 0.3) is 5.91 Å². The molecule has 0 aliphatic carbocycles. The van der Waals surface area contributed by atoms with E-state index in [2.05, 4.69) is 29.4 Å². The Balaban J connectivity index is 2.62. The van der Waals surface area contributed by atoms with Crippen LogP contribution < -0.4 is 5.32 Å². The molecule has 106 valence electrons. The number of hydrogen-bond donors (Lipinski definition) is 2. The van der Waals surface area contributed by atoms with Crippen molar-refractivity contribution in [2.24, 2.45) is 5.41 Å². The van der Waals surface area contributed by atoms with Gasteiger partial charge in [-0.1, -0.05) is 13.8 Å². The Bertz CT molecular complexity index is 444. The fourth-order valence-electron chi connectivity index (χ4n) is 1.84. The highest BCUT2D eigenvalue weighted by Gasteiger charge is 2.19. The largest absolute Gasteiger partial charge is 0.396 e. The number of nitrogens with one attached hydrogen (secondary N) is 1. The zero-order valence-corrected chi connectivity index (χ0v) is 12.2. The van der Waals surface area contributed by atoms with Gasteiger partial charge in [-0.25, -0.2) is 0 Å². The molecule has 0 saturated carbocycles. The lowest BCUT2D eigenvalue weighted by Crippen LogP contribution is -2.34. The molecule has 0 atom stereocenters. The summed E-state index contributed by atoms with van der Waals surface area (Å²) in [6, 6.07) is 1.75. The Kier molecular flexibility index (Phi) is 5.42. The summed E-state index contributed by atoms with van der Waals surface area (Å²) in [7, 11) is 0. The highest BCUT2D eigenvalue weighted by atomic mass is 16.2. The summed E-state index contributed by atoms with van der Waals surface area (Å²) >= 11 is 0. The molecule has 1 aromatic heterocycles. The maximum absolute atomic E-state index is 12.1. The highest BCUT2D eigenvalue weighted by Crippen LogP contribution is 2.21. The first kappa shape index (κ1) is 15.6. The van der Waals surface area contributed by atoms with Crippen LogP contribution in [0.5, 0.6) is 0 Å². The van der Waals surface area contributed by atoms with Crippen molar-refractivity contribution in [3.8, 4) is 0 Å². The molecule has 0 aromatic carbocycles. The van der Waals surface area contributed by atoms with Gasteiger partial charge in [-0.2, -0.15) is 10.2 Å². The molecule has 1 heterocycles. The molecule has 0 saturated heterocycles. The van der Waals surface area contributed by atoms with Crippen LogP contribution in [0, 0.1) is 19.3 Å². The van der Waals surface area contributed by atoms with Gasteiger partial charge in [-0.05, 0) is 38.2 Å². The van der Waals surface area contributed by atoms with Crippen molar-refractivity contribution >= 4 is 5.91 Å². The molecule has 0 aliphatic rings. The molecule has 2 N–H and O–H groups in total. The van der Waals surface area contributed by atoms with Crippen molar-refractivity contribution in [3.05, 3.63) is 23.0 Å². The molecule has 0 fully saturated rings. The van der Waals surface area contributed by atoms with E-state index < -0.39 is 0 Å². The maximum atomic E-state index is 12.1.